The molecule has 2 saturated heterocycles. The van der Waals surface area contributed by atoms with E-state index in [2.05, 4.69) is 4.98 Å². The smallest absolute Gasteiger partial charge is 0.282 e. The highest BCUT2D eigenvalue weighted by Gasteiger charge is 2.36. The lowest BCUT2D eigenvalue weighted by Crippen LogP contribution is -2.57. The molecule has 24 heavy (non-hydrogen) atoms. The fourth-order valence-electron chi connectivity index (χ4n) is 3.20. The zero-order valence-corrected chi connectivity index (χ0v) is 14.7. The normalized spacial score (nSPS) is 27.4. The molecule has 1 aromatic heterocycles. The van der Waals surface area contributed by atoms with Gasteiger partial charge < -0.3 is 9.64 Å². The van der Waals surface area contributed by atoms with E-state index >= 15 is 0 Å². The largest absolute Gasteiger partial charge is 0.373 e. The van der Waals surface area contributed by atoms with Crippen LogP contribution in [0.2, 0.25) is 0 Å². The number of piperazine rings is 1. The van der Waals surface area contributed by atoms with Crippen LogP contribution >= 0.6 is 0 Å². The van der Waals surface area contributed by atoms with E-state index < -0.39 is 16.2 Å². The standard InChI is InChI=1S/C15H23FN4O3S/c1-12-10-20(11-13(2)23-12)24(21,22)19-8-6-18(7-9-19)15-5-3-4-14(16)17-15/h3-5,12-13H,6-11H2,1-2H3. The second-order valence-corrected chi connectivity index (χ2v) is 8.22. The molecule has 0 aromatic carbocycles. The van der Waals surface area contributed by atoms with Gasteiger partial charge in [-0.05, 0) is 26.0 Å². The van der Waals surface area contributed by atoms with Crippen molar-refractivity contribution in [2.75, 3.05) is 44.2 Å². The van der Waals surface area contributed by atoms with Crippen molar-refractivity contribution in [3.05, 3.63) is 24.1 Å². The van der Waals surface area contributed by atoms with E-state index in [0.717, 1.165) is 0 Å². The molecular weight excluding hydrogens is 335 g/mol. The third-order valence-corrected chi connectivity index (χ3v) is 6.27. The maximum Gasteiger partial charge on any atom is 0.282 e. The summed E-state index contributed by atoms with van der Waals surface area (Å²) in [5, 5.41) is 0. The zero-order valence-electron chi connectivity index (χ0n) is 13.9. The third kappa shape index (κ3) is 3.69. The summed E-state index contributed by atoms with van der Waals surface area (Å²) in [5.74, 6) is 0.0134. The number of nitrogens with zero attached hydrogens (tertiary/aromatic N) is 4. The number of hydrogen-bond acceptors (Lipinski definition) is 5. The fourth-order valence-corrected chi connectivity index (χ4v) is 4.95. The summed E-state index contributed by atoms with van der Waals surface area (Å²) in [6.07, 6.45) is -0.220. The summed E-state index contributed by atoms with van der Waals surface area (Å²) in [4.78, 5) is 5.76. The Kier molecular flexibility index (Phi) is 5.05. The highest BCUT2D eigenvalue weighted by Crippen LogP contribution is 2.20. The molecule has 134 valence electrons. The van der Waals surface area contributed by atoms with E-state index in [9.17, 15) is 12.8 Å². The molecule has 0 aliphatic carbocycles. The lowest BCUT2D eigenvalue weighted by molar-refractivity contribution is -0.0455. The average Bonchev–Trinajstić information content (AvgIpc) is 2.54. The minimum absolute atomic E-state index is 0.110. The van der Waals surface area contributed by atoms with Crippen LogP contribution in [0.5, 0.6) is 0 Å². The fraction of sp³-hybridized carbons (Fsp3) is 0.667. The van der Waals surface area contributed by atoms with Crippen molar-refractivity contribution in [3.63, 3.8) is 0 Å². The zero-order chi connectivity index (χ0) is 17.3. The highest BCUT2D eigenvalue weighted by atomic mass is 32.2. The van der Waals surface area contributed by atoms with Gasteiger partial charge in [-0.3, -0.25) is 0 Å². The van der Waals surface area contributed by atoms with Gasteiger partial charge >= 0.3 is 0 Å². The minimum Gasteiger partial charge on any atom is -0.373 e. The molecule has 2 fully saturated rings. The third-order valence-electron chi connectivity index (χ3n) is 4.30. The van der Waals surface area contributed by atoms with Crippen LogP contribution in [-0.2, 0) is 14.9 Å². The van der Waals surface area contributed by atoms with E-state index in [1.807, 2.05) is 18.7 Å². The molecule has 2 atom stereocenters. The molecule has 2 aliphatic rings. The molecule has 1 aromatic rings. The number of ether oxygens (including phenoxy) is 1. The van der Waals surface area contributed by atoms with E-state index in [1.54, 1.807) is 12.1 Å². The van der Waals surface area contributed by atoms with Gasteiger partial charge in [-0.15, -0.1) is 0 Å². The van der Waals surface area contributed by atoms with Gasteiger partial charge in [0.2, 0.25) is 5.95 Å². The molecule has 2 aliphatic heterocycles. The molecule has 0 N–H and O–H groups in total. The monoisotopic (exact) mass is 358 g/mol. The van der Waals surface area contributed by atoms with Gasteiger partial charge in [-0.25, -0.2) is 4.98 Å². The van der Waals surface area contributed by atoms with Crippen molar-refractivity contribution in [1.29, 1.82) is 0 Å². The summed E-state index contributed by atoms with van der Waals surface area (Å²) in [6.45, 7) is 6.21. The molecule has 0 saturated carbocycles. The van der Waals surface area contributed by atoms with Crippen LogP contribution in [0.1, 0.15) is 13.8 Å². The molecule has 0 radical (unpaired) electrons. The van der Waals surface area contributed by atoms with Gasteiger partial charge in [-0.2, -0.15) is 21.4 Å². The maximum absolute atomic E-state index is 13.2. The lowest BCUT2D eigenvalue weighted by atomic mass is 10.3. The number of halogens is 1. The van der Waals surface area contributed by atoms with E-state index in [-0.39, 0.29) is 12.2 Å². The molecular formula is C15H23FN4O3S. The molecule has 0 bridgehead atoms. The van der Waals surface area contributed by atoms with Crippen molar-refractivity contribution in [3.8, 4) is 0 Å². The Hall–Kier alpha value is -1.29. The molecule has 9 heteroatoms. The molecule has 3 rings (SSSR count). The number of aromatic nitrogens is 1. The van der Waals surface area contributed by atoms with Crippen molar-refractivity contribution >= 4 is 16.0 Å². The number of rotatable bonds is 3. The van der Waals surface area contributed by atoms with Crippen molar-refractivity contribution in [2.45, 2.75) is 26.1 Å². The number of pyridine rings is 1. The van der Waals surface area contributed by atoms with Crippen LogP contribution in [0.3, 0.4) is 0 Å². The van der Waals surface area contributed by atoms with E-state index in [4.69, 9.17) is 4.74 Å². The van der Waals surface area contributed by atoms with Crippen LogP contribution < -0.4 is 4.90 Å². The van der Waals surface area contributed by atoms with Gasteiger partial charge in [0.1, 0.15) is 5.82 Å². The summed E-state index contributed by atoms with van der Waals surface area (Å²) < 4.78 is 47.5. The van der Waals surface area contributed by atoms with Crippen molar-refractivity contribution in [1.82, 2.24) is 13.6 Å². The second kappa shape index (κ2) is 6.91. The predicted octanol–water partition coefficient (Wildman–Crippen LogP) is 0.697. The molecule has 0 spiro atoms. The van der Waals surface area contributed by atoms with Crippen LogP contribution in [0.15, 0.2) is 18.2 Å². The summed E-state index contributed by atoms with van der Waals surface area (Å²) in [5.41, 5.74) is 0. The van der Waals surface area contributed by atoms with Crippen LogP contribution in [0.25, 0.3) is 0 Å². The lowest BCUT2D eigenvalue weighted by Gasteiger charge is -2.40. The molecule has 2 unspecified atom stereocenters. The Morgan fingerprint density at radius 3 is 2.29 bits per heavy atom. The summed E-state index contributed by atoms with van der Waals surface area (Å²) in [7, 11) is -3.50. The maximum atomic E-state index is 13.2. The topological polar surface area (TPSA) is 66.0 Å². The quantitative estimate of drug-likeness (QED) is 0.744. The Bertz CT molecular complexity index is 669. The van der Waals surface area contributed by atoms with Gasteiger partial charge in [0.15, 0.2) is 0 Å². The van der Waals surface area contributed by atoms with Crippen LogP contribution in [0, 0.1) is 5.95 Å². The first-order chi connectivity index (χ1) is 11.4. The Balaban J connectivity index is 1.65. The Morgan fingerprint density at radius 1 is 1.08 bits per heavy atom. The van der Waals surface area contributed by atoms with Crippen LogP contribution in [0.4, 0.5) is 10.2 Å². The number of hydrogen-bond donors (Lipinski definition) is 0. The average molecular weight is 358 g/mol. The van der Waals surface area contributed by atoms with Crippen molar-refractivity contribution in [2.24, 2.45) is 0 Å². The first-order valence-corrected chi connectivity index (χ1v) is 9.54. The van der Waals surface area contributed by atoms with Gasteiger partial charge in [-0.1, -0.05) is 6.07 Å². The summed E-state index contributed by atoms with van der Waals surface area (Å²) >= 11 is 0. The van der Waals surface area contributed by atoms with Gasteiger partial charge in [0.05, 0.1) is 12.2 Å². The first-order valence-electron chi connectivity index (χ1n) is 8.14. The first kappa shape index (κ1) is 17.5. The Morgan fingerprint density at radius 2 is 1.71 bits per heavy atom. The van der Waals surface area contributed by atoms with E-state index in [1.165, 1.54) is 14.7 Å². The highest BCUT2D eigenvalue weighted by molar-refractivity contribution is 7.86. The summed E-state index contributed by atoms with van der Waals surface area (Å²) in [6, 6.07) is 4.64. The molecule has 0 amide bonds. The van der Waals surface area contributed by atoms with Gasteiger partial charge in [0.25, 0.3) is 10.2 Å². The van der Waals surface area contributed by atoms with Crippen molar-refractivity contribution < 1.29 is 17.5 Å². The van der Waals surface area contributed by atoms with E-state index in [0.29, 0.717) is 45.1 Å². The predicted molar refractivity (Wildman–Crippen MR) is 88.5 cm³/mol. The van der Waals surface area contributed by atoms with Crippen LogP contribution in [-0.4, -0.2) is 73.5 Å². The van der Waals surface area contributed by atoms with Gasteiger partial charge in [0, 0.05) is 39.3 Å². The number of morpholine rings is 1. The molecule has 3 heterocycles. The number of anilines is 1. The SMILES string of the molecule is CC1CN(S(=O)(=O)N2CCN(c3cccc(F)n3)CC2)CC(C)O1. The minimum atomic E-state index is -3.50. The Labute approximate surface area is 142 Å². The molecule has 7 nitrogen and oxygen atoms in total. The second-order valence-electron chi connectivity index (χ2n) is 6.29.